The molecular weight excluding hydrogens is 265 g/mol. The molecule has 0 saturated carbocycles. The molecule has 0 aliphatic rings. The lowest BCUT2D eigenvalue weighted by atomic mass is 10.2. The molecule has 4 nitrogen and oxygen atoms in total. The van der Waals surface area contributed by atoms with E-state index < -0.39 is 5.82 Å². The van der Waals surface area contributed by atoms with Gasteiger partial charge in [-0.05, 0) is 18.2 Å². The highest BCUT2D eigenvalue weighted by atomic mass is 32.2. The van der Waals surface area contributed by atoms with E-state index in [1.54, 1.807) is 11.8 Å². The average Bonchev–Trinajstić information content (AvgIpc) is 2.77. The molecule has 102 valence electrons. The molecule has 0 atom stereocenters. The maximum absolute atomic E-state index is 13.7. The molecule has 0 saturated heterocycles. The predicted molar refractivity (Wildman–Crippen MR) is 75.2 cm³/mol. The third-order valence-electron chi connectivity index (χ3n) is 2.32. The SMILES string of the molecule is CC(C)(C)SCc1noc(-c2cc(N)ccc2F)n1. The van der Waals surface area contributed by atoms with Crippen molar-refractivity contribution in [3.63, 3.8) is 0 Å². The molecule has 0 spiro atoms. The summed E-state index contributed by atoms with van der Waals surface area (Å²) in [6, 6.07) is 4.27. The smallest absolute Gasteiger partial charge is 0.261 e. The minimum absolute atomic E-state index is 0.114. The second kappa shape index (κ2) is 5.21. The fourth-order valence-corrected chi connectivity index (χ4v) is 2.09. The Bertz CT molecular complexity index is 578. The molecule has 19 heavy (non-hydrogen) atoms. The zero-order valence-corrected chi connectivity index (χ0v) is 11.9. The van der Waals surface area contributed by atoms with Gasteiger partial charge in [0.2, 0.25) is 0 Å². The van der Waals surface area contributed by atoms with Gasteiger partial charge in [-0.2, -0.15) is 4.98 Å². The van der Waals surface area contributed by atoms with E-state index in [2.05, 4.69) is 30.9 Å². The van der Waals surface area contributed by atoms with Crippen LogP contribution in [0.3, 0.4) is 0 Å². The van der Waals surface area contributed by atoms with Crippen LogP contribution >= 0.6 is 11.8 Å². The third kappa shape index (κ3) is 3.70. The zero-order valence-electron chi connectivity index (χ0n) is 11.1. The highest BCUT2D eigenvalue weighted by Gasteiger charge is 2.16. The number of hydrogen-bond donors (Lipinski definition) is 1. The monoisotopic (exact) mass is 281 g/mol. The largest absolute Gasteiger partial charge is 0.399 e. The van der Waals surface area contributed by atoms with Crippen LogP contribution in [0.1, 0.15) is 26.6 Å². The van der Waals surface area contributed by atoms with E-state index in [0.717, 1.165) is 0 Å². The highest BCUT2D eigenvalue weighted by Crippen LogP contribution is 2.28. The Labute approximate surface area is 115 Å². The molecule has 0 bridgehead atoms. The number of halogens is 1. The number of anilines is 1. The maximum atomic E-state index is 13.7. The fourth-order valence-electron chi connectivity index (χ4n) is 1.41. The topological polar surface area (TPSA) is 64.9 Å². The number of thioether (sulfide) groups is 1. The molecule has 1 aromatic carbocycles. The van der Waals surface area contributed by atoms with E-state index in [-0.39, 0.29) is 16.2 Å². The number of benzene rings is 1. The van der Waals surface area contributed by atoms with Crippen molar-refractivity contribution < 1.29 is 8.91 Å². The Kier molecular flexibility index (Phi) is 3.80. The number of rotatable bonds is 3. The van der Waals surface area contributed by atoms with Crippen LogP contribution in [0.4, 0.5) is 10.1 Å². The van der Waals surface area contributed by atoms with Gasteiger partial charge in [0.15, 0.2) is 5.82 Å². The van der Waals surface area contributed by atoms with Crippen LogP contribution < -0.4 is 5.73 Å². The molecule has 0 unspecified atom stereocenters. The number of aromatic nitrogens is 2. The molecule has 6 heteroatoms. The van der Waals surface area contributed by atoms with Crippen molar-refractivity contribution in [2.75, 3.05) is 5.73 Å². The second-order valence-electron chi connectivity index (χ2n) is 5.16. The van der Waals surface area contributed by atoms with Gasteiger partial charge in [-0.1, -0.05) is 25.9 Å². The van der Waals surface area contributed by atoms with E-state index in [1.165, 1.54) is 18.2 Å². The maximum Gasteiger partial charge on any atom is 0.261 e. The van der Waals surface area contributed by atoms with Crippen LogP contribution in [0.15, 0.2) is 22.7 Å². The van der Waals surface area contributed by atoms with Crippen molar-refractivity contribution in [2.24, 2.45) is 0 Å². The molecule has 0 fully saturated rings. The van der Waals surface area contributed by atoms with Gasteiger partial charge in [0, 0.05) is 10.4 Å². The number of nitrogens with zero attached hydrogens (tertiary/aromatic N) is 2. The first-order valence-electron chi connectivity index (χ1n) is 5.87. The lowest BCUT2D eigenvalue weighted by Gasteiger charge is -2.15. The van der Waals surface area contributed by atoms with Crippen molar-refractivity contribution >= 4 is 17.4 Å². The van der Waals surface area contributed by atoms with Crippen LogP contribution in [-0.4, -0.2) is 14.9 Å². The standard InChI is InChI=1S/C13H16FN3OS/c1-13(2,3)19-7-11-16-12(18-17-11)9-6-8(15)4-5-10(9)14/h4-6H,7,15H2,1-3H3. The lowest BCUT2D eigenvalue weighted by molar-refractivity contribution is 0.422. The first kappa shape index (κ1) is 13.9. The van der Waals surface area contributed by atoms with E-state index in [4.69, 9.17) is 10.3 Å². The Hall–Kier alpha value is -1.56. The van der Waals surface area contributed by atoms with Crippen LogP contribution in [0, 0.1) is 5.82 Å². The van der Waals surface area contributed by atoms with Crippen LogP contribution in [0.5, 0.6) is 0 Å². The molecule has 1 aromatic heterocycles. The fraction of sp³-hybridized carbons (Fsp3) is 0.385. The normalized spacial score (nSPS) is 11.8. The van der Waals surface area contributed by atoms with Gasteiger partial charge in [-0.3, -0.25) is 0 Å². The van der Waals surface area contributed by atoms with Gasteiger partial charge in [0.1, 0.15) is 5.82 Å². The van der Waals surface area contributed by atoms with Crippen LogP contribution in [0.2, 0.25) is 0 Å². The van der Waals surface area contributed by atoms with Crippen LogP contribution in [0.25, 0.3) is 11.5 Å². The molecule has 2 N–H and O–H groups in total. The summed E-state index contributed by atoms with van der Waals surface area (Å²) >= 11 is 1.70. The number of nitrogen functional groups attached to an aromatic ring is 1. The summed E-state index contributed by atoms with van der Waals surface area (Å²) in [6.07, 6.45) is 0. The van der Waals surface area contributed by atoms with E-state index >= 15 is 0 Å². The highest BCUT2D eigenvalue weighted by molar-refractivity contribution is 7.99. The molecule has 0 aliphatic carbocycles. The average molecular weight is 281 g/mol. The summed E-state index contributed by atoms with van der Waals surface area (Å²) in [5, 5.41) is 3.85. The second-order valence-corrected chi connectivity index (χ2v) is 6.96. The number of hydrogen-bond acceptors (Lipinski definition) is 5. The third-order valence-corrected chi connectivity index (χ3v) is 3.59. The van der Waals surface area contributed by atoms with Gasteiger partial charge >= 0.3 is 0 Å². The summed E-state index contributed by atoms with van der Waals surface area (Å²) in [7, 11) is 0. The van der Waals surface area contributed by atoms with Crippen molar-refractivity contribution in [2.45, 2.75) is 31.3 Å². The van der Waals surface area contributed by atoms with E-state index in [1.807, 2.05) is 0 Å². The minimum atomic E-state index is -0.423. The summed E-state index contributed by atoms with van der Waals surface area (Å²) in [4.78, 5) is 4.19. The van der Waals surface area contributed by atoms with Gasteiger partial charge in [0.25, 0.3) is 5.89 Å². The van der Waals surface area contributed by atoms with Crippen molar-refractivity contribution in [1.29, 1.82) is 0 Å². The van der Waals surface area contributed by atoms with Crippen molar-refractivity contribution in [1.82, 2.24) is 10.1 Å². The van der Waals surface area contributed by atoms with E-state index in [0.29, 0.717) is 17.3 Å². The van der Waals surface area contributed by atoms with Crippen molar-refractivity contribution in [3.05, 3.63) is 29.8 Å². The molecule has 0 aliphatic heterocycles. The Morgan fingerprint density at radius 3 is 2.79 bits per heavy atom. The predicted octanol–water partition coefficient (Wildman–Crippen LogP) is 3.49. The first-order chi connectivity index (χ1) is 8.85. The Morgan fingerprint density at radius 2 is 2.11 bits per heavy atom. The molecule has 0 amide bonds. The van der Waals surface area contributed by atoms with Crippen molar-refractivity contribution in [3.8, 4) is 11.5 Å². The first-order valence-corrected chi connectivity index (χ1v) is 6.86. The van der Waals surface area contributed by atoms with Gasteiger partial charge in [-0.15, -0.1) is 11.8 Å². The quantitative estimate of drug-likeness (QED) is 0.872. The summed E-state index contributed by atoms with van der Waals surface area (Å²) in [6.45, 7) is 6.32. The minimum Gasteiger partial charge on any atom is -0.399 e. The van der Waals surface area contributed by atoms with Crippen LogP contribution in [-0.2, 0) is 5.75 Å². The van der Waals surface area contributed by atoms with Gasteiger partial charge < -0.3 is 10.3 Å². The molecule has 2 rings (SSSR count). The molecule has 2 aromatic rings. The Balaban J connectivity index is 2.19. The van der Waals surface area contributed by atoms with E-state index in [9.17, 15) is 4.39 Å². The number of nitrogens with two attached hydrogens (primary N) is 1. The summed E-state index contributed by atoms with van der Waals surface area (Å²) < 4.78 is 18.8. The van der Waals surface area contributed by atoms with Gasteiger partial charge in [-0.25, -0.2) is 4.39 Å². The lowest BCUT2D eigenvalue weighted by Crippen LogP contribution is -2.07. The molecule has 1 heterocycles. The summed E-state index contributed by atoms with van der Waals surface area (Å²) in [5.74, 6) is 0.913. The molecular formula is C13H16FN3OS. The summed E-state index contributed by atoms with van der Waals surface area (Å²) in [5.41, 5.74) is 6.32. The molecule has 0 radical (unpaired) electrons. The van der Waals surface area contributed by atoms with Gasteiger partial charge in [0.05, 0.1) is 11.3 Å². The zero-order chi connectivity index (χ0) is 14.0. The Morgan fingerprint density at radius 1 is 1.37 bits per heavy atom.